The third-order valence-corrected chi connectivity index (χ3v) is 4.06. The van der Waals surface area contributed by atoms with E-state index in [9.17, 15) is 5.11 Å². The fourth-order valence-electron chi connectivity index (χ4n) is 2.96. The SMILES string of the molecule is CCCNc1ncnc(N2CCCC(CO)C2)c1C(C)C. The summed E-state index contributed by atoms with van der Waals surface area (Å²) in [5.74, 6) is 2.73. The number of piperidine rings is 1. The van der Waals surface area contributed by atoms with Crippen LogP contribution in [0.2, 0.25) is 0 Å². The third kappa shape index (κ3) is 3.84. The van der Waals surface area contributed by atoms with Crippen molar-refractivity contribution in [3.8, 4) is 0 Å². The Balaban J connectivity index is 2.29. The number of aliphatic hydroxyl groups excluding tert-OH is 1. The molecular formula is C16H28N4O. The van der Waals surface area contributed by atoms with Crippen LogP contribution >= 0.6 is 0 Å². The normalized spacial score (nSPS) is 19.1. The molecule has 1 saturated heterocycles. The van der Waals surface area contributed by atoms with Gasteiger partial charge in [-0.3, -0.25) is 0 Å². The summed E-state index contributed by atoms with van der Waals surface area (Å²) < 4.78 is 0. The molecule has 118 valence electrons. The second-order valence-electron chi connectivity index (χ2n) is 6.18. The first-order valence-electron chi connectivity index (χ1n) is 8.11. The highest BCUT2D eigenvalue weighted by Crippen LogP contribution is 2.33. The average molecular weight is 292 g/mol. The van der Waals surface area contributed by atoms with E-state index >= 15 is 0 Å². The quantitative estimate of drug-likeness (QED) is 0.844. The molecule has 2 rings (SSSR count). The van der Waals surface area contributed by atoms with Crippen LogP contribution in [-0.2, 0) is 0 Å². The van der Waals surface area contributed by atoms with Crippen molar-refractivity contribution in [2.75, 3.05) is 36.5 Å². The van der Waals surface area contributed by atoms with Gasteiger partial charge in [-0.25, -0.2) is 9.97 Å². The topological polar surface area (TPSA) is 61.3 Å². The van der Waals surface area contributed by atoms with Gasteiger partial charge >= 0.3 is 0 Å². The van der Waals surface area contributed by atoms with Crippen molar-refractivity contribution in [1.82, 2.24) is 9.97 Å². The van der Waals surface area contributed by atoms with Crippen LogP contribution in [0, 0.1) is 5.92 Å². The number of nitrogens with zero attached hydrogens (tertiary/aromatic N) is 3. The molecular weight excluding hydrogens is 264 g/mol. The highest BCUT2D eigenvalue weighted by atomic mass is 16.3. The van der Waals surface area contributed by atoms with Crippen molar-refractivity contribution in [3.63, 3.8) is 0 Å². The lowest BCUT2D eigenvalue weighted by Gasteiger charge is -2.34. The van der Waals surface area contributed by atoms with Gasteiger partial charge in [0.05, 0.1) is 0 Å². The molecule has 0 saturated carbocycles. The first-order chi connectivity index (χ1) is 10.2. The van der Waals surface area contributed by atoms with Crippen molar-refractivity contribution >= 4 is 11.6 Å². The molecule has 0 aromatic carbocycles. The monoisotopic (exact) mass is 292 g/mol. The Morgan fingerprint density at radius 2 is 2.24 bits per heavy atom. The molecule has 21 heavy (non-hydrogen) atoms. The van der Waals surface area contributed by atoms with Crippen molar-refractivity contribution in [2.45, 2.75) is 46.0 Å². The average Bonchev–Trinajstić information content (AvgIpc) is 2.52. The molecule has 0 aliphatic carbocycles. The molecule has 1 aromatic rings. The molecule has 1 fully saturated rings. The van der Waals surface area contributed by atoms with Crippen molar-refractivity contribution in [2.24, 2.45) is 5.92 Å². The fourth-order valence-corrected chi connectivity index (χ4v) is 2.96. The van der Waals surface area contributed by atoms with Gasteiger partial charge in [0.25, 0.3) is 0 Å². The summed E-state index contributed by atoms with van der Waals surface area (Å²) in [6.07, 6.45) is 4.95. The van der Waals surface area contributed by atoms with Crippen LogP contribution in [0.3, 0.4) is 0 Å². The number of nitrogens with one attached hydrogen (secondary N) is 1. The van der Waals surface area contributed by atoms with Crippen molar-refractivity contribution in [3.05, 3.63) is 11.9 Å². The Morgan fingerprint density at radius 1 is 1.43 bits per heavy atom. The van der Waals surface area contributed by atoms with Crippen molar-refractivity contribution in [1.29, 1.82) is 0 Å². The Bertz CT molecular complexity index is 450. The van der Waals surface area contributed by atoms with E-state index in [1.54, 1.807) is 6.33 Å². The molecule has 2 heterocycles. The first kappa shape index (κ1) is 16.0. The molecule has 1 aromatic heterocycles. The van der Waals surface area contributed by atoms with Gasteiger partial charge in [0.1, 0.15) is 18.0 Å². The predicted octanol–water partition coefficient (Wildman–Crippen LogP) is 2.63. The van der Waals surface area contributed by atoms with E-state index in [1.165, 1.54) is 5.56 Å². The maximum atomic E-state index is 9.43. The van der Waals surface area contributed by atoms with E-state index in [-0.39, 0.29) is 6.61 Å². The molecule has 0 spiro atoms. The van der Waals surface area contributed by atoms with Crippen LogP contribution in [-0.4, -0.2) is 41.3 Å². The number of hydrogen-bond acceptors (Lipinski definition) is 5. The minimum atomic E-state index is 0.263. The summed E-state index contributed by atoms with van der Waals surface area (Å²) in [5, 5.41) is 12.9. The summed E-state index contributed by atoms with van der Waals surface area (Å²) in [7, 11) is 0. The second-order valence-corrected chi connectivity index (χ2v) is 6.18. The number of aliphatic hydroxyl groups is 1. The van der Waals surface area contributed by atoms with E-state index in [0.717, 1.165) is 50.5 Å². The summed E-state index contributed by atoms with van der Waals surface area (Å²) in [5.41, 5.74) is 1.20. The van der Waals surface area contributed by atoms with Gasteiger partial charge in [-0.05, 0) is 31.1 Å². The third-order valence-electron chi connectivity index (χ3n) is 4.06. The van der Waals surface area contributed by atoms with Gasteiger partial charge in [-0.1, -0.05) is 20.8 Å². The summed E-state index contributed by atoms with van der Waals surface area (Å²) in [4.78, 5) is 11.3. The van der Waals surface area contributed by atoms with Crippen LogP contribution in [0.15, 0.2) is 6.33 Å². The molecule has 0 bridgehead atoms. The summed E-state index contributed by atoms with van der Waals surface area (Å²) in [6, 6.07) is 0. The summed E-state index contributed by atoms with van der Waals surface area (Å²) in [6.45, 7) is 9.62. The van der Waals surface area contributed by atoms with Crippen molar-refractivity contribution < 1.29 is 5.11 Å². The molecule has 1 unspecified atom stereocenters. The van der Waals surface area contributed by atoms with Gasteiger partial charge in [0.2, 0.25) is 0 Å². The van der Waals surface area contributed by atoms with Crippen LogP contribution in [0.25, 0.3) is 0 Å². The zero-order chi connectivity index (χ0) is 15.2. The van der Waals surface area contributed by atoms with Crippen LogP contribution < -0.4 is 10.2 Å². The standard InChI is InChI=1S/C16H28N4O/c1-4-7-17-15-14(12(2)3)16(19-11-18-15)20-8-5-6-13(9-20)10-21/h11-13,21H,4-10H2,1-3H3,(H,17,18,19). The zero-order valence-corrected chi connectivity index (χ0v) is 13.5. The van der Waals surface area contributed by atoms with E-state index in [0.29, 0.717) is 11.8 Å². The van der Waals surface area contributed by atoms with Gasteiger partial charge < -0.3 is 15.3 Å². The van der Waals surface area contributed by atoms with E-state index in [1.807, 2.05) is 0 Å². The maximum Gasteiger partial charge on any atom is 0.137 e. The van der Waals surface area contributed by atoms with E-state index < -0.39 is 0 Å². The number of aromatic nitrogens is 2. The smallest absolute Gasteiger partial charge is 0.137 e. The minimum Gasteiger partial charge on any atom is -0.396 e. The predicted molar refractivity (Wildman–Crippen MR) is 86.9 cm³/mol. The van der Waals surface area contributed by atoms with Crippen LogP contribution in [0.4, 0.5) is 11.6 Å². The lowest BCUT2D eigenvalue weighted by molar-refractivity contribution is 0.208. The number of hydrogen-bond donors (Lipinski definition) is 2. The Labute approximate surface area is 127 Å². The molecule has 1 aliphatic heterocycles. The van der Waals surface area contributed by atoms with Gasteiger partial charge in [0.15, 0.2) is 0 Å². The maximum absolute atomic E-state index is 9.43. The second kappa shape index (κ2) is 7.59. The zero-order valence-electron chi connectivity index (χ0n) is 13.5. The summed E-state index contributed by atoms with van der Waals surface area (Å²) >= 11 is 0. The van der Waals surface area contributed by atoms with E-state index in [4.69, 9.17) is 0 Å². The highest BCUT2D eigenvalue weighted by Gasteiger charge is 2.24. The van der Waals surface area contributed by atoms with Gasteiger partial charge in [-0.15, -0.1) is 0 Å². The number of anilines is 2. The van der Waals surface area contributed by atoms with Gasteiger partial charge in [0, 0.05) is 31.8 Å². The largest absolute Gasteiger partial charge is 0.396 e. The molecule has 1 aliphatic rings. The molecule has 0 radical (unpaired) electrons. The minimum absolute atomic E-state index is 0.263. The molecule has 1 atom stereocenters. The lowest BCUT2D eigenvalue weighted by atomic mass is 9.97. The Hall–Kier alpha value is -1.36. The fraction of sp³-hybridized carbons (Fsp3) is 0.750. The van der Waals surface area contributed by atoms with E-state index in [2.05, 4.69) is 41.0 Å². The molecule has 5 nitrogen and oxygen atoms in total. The highest BCUT2D eigenvalue weighted by molar-refractivity contribution is 5.60. The van der Waals surface area contributed by atoms with Gasteiger partial charge in [-0.2, -0.15) is 0 Å². The number of rotatable bonds is 6. The van der Waals surface area contributed by atoms with Crippen LogP contribution in [0.5, 0.6) is 0 Å². The lowest BCUT2D eigenvalue weighted by Crippen LogP contribution is -2.38. The first-order valence-corrected chi connectivity index (χ1v) is 8.11. The molecule has 2 N–H and O–H groups in total. The Morgan fingerprint density at radius 3 is 2.90 bits per heavy atom. The van der Waals surface area contributed by atoms with Crippen LogP contribution in [0.1, 0.15) is 51.5 Å². The molecule has 5 heteroatoms. The molecule has 0 amide bonds. The Kier molecular flexibility index (Phi) is 5.79.